The minimum absolute atomic E-state index is 0.0366. The Morgan fingerprint density at radius 3 is 2.44 bits per heavy atom. The Labute approximate surface area is 151 Å². The van der Waals surface area contributed by atoms with E-state index in [1.807, 2.05) is 20.8 Å². The third kappa shape index (κ3) is 5.29. The number of nitrogens with one attached hydrogen (secondary N) is 2. The second-order valence-electron chi connectivity index (χ2n) is 7.56. The number of ether oxygens (including phenoxy) is 1. The zero-order valence-electron chi connectivity index (χ0n) is 14.9. The SMILES string of the molecule is CC(C)(C)OC(=O)N1CCC(NC(=O)Nc2nnc(C3CC3)s2)CC1. The fourth-order valence-corrected chi connectivity index (χ4v) is 3.54. The van der Waals surface area contributed by atoms with Crippen LogP contribution in [0.15, 0.2) is 0 Å². The summed E-state index contributed by atoms with van der Waals surface area (Å²) in [5.74, 6) is 0.535. The number of aromatic nitrogens is 2. The van der Waals surface area contributed by atoms with Crippen molar-refractivity contribution in [3.8, 4) is 0 Å². The van der Waals surface area contributed by atoms with E-state index in [4.69, 9.17) is 4.74 Å². The lowest BCUT2D eigenvalue weighted by Gasteiger charge is -2.33. The molecule has 2 aliphatic rings. The highest BCUT2D eigenvalue weighted by atomic mass is 32.1. The highest BCUT2D eigenvalue weighted by Crippen LogP contribution is 2.42. The highest BCUT2D eigenvalue weighted by Gasteiger charge is 2.29. The molecule has 0 aromatic carbocycles. The van der Waals surface area contributed by atoms with Crippen LogP contribution in [0.4, 0.5) is 14.7 Å². The maximum Gasteiger partial charge on any atom is 0.410 e. The number of amides is 3. The summed E-state index contributed by atoms with van der Waals surface area (Å²) >= 11 is 1.44. The van der Waals surface area contributed by atoms with E-state index in [2.05, 4.69) is 20.8 Å². The maximum atomic E-state index is 12.1. The van der Waals surface area contributed by atoms with Crippen LogP contribution in [-0.4, -0.2) is 52.0 Å². The molecule has 0 unspecified atom stereocenters. The normalized spacial score (nSPS) is 18.8. The van der Waals surface area contributed by atoms with Crippen molar-refractivity contribution in [3.63, 3.8) is 0 Å². The average Bonchev–Trinajstić information content (AvgIpc) is 3.27. The van der Waals surface area contributed by atoms with Gasteiger partial charge in [0.25, 0.3) is 0 Å². The number of carbonyl (C=O) groups is 2. The van der Waals surface area contributed by atoms with Gasteiger partial charge in [-0.15, -0.1) is 10.2 Å². The Bertz CT molecular complexity index is 630. The number of piperidine rings is 1. The molecule has 2 fully saturated rings. The molecule has 2 N–H and O–H groups in total. The first-order chi connectivity index (χ1) is 11.8. The van der Waals surface area contributed by atoms with Gasteiger partial charge in [0.1, 0.15) is 10.6 Å². The summed E-state index contributed by atoms with van der Waals surface area (Å²) in [6.07, 6.45) is 3.44. The summed E-state index contributed by atoms with van der Waals surface area (Å²) in [7, 11) is 0. The monoisotopic (exact) mass is 367 g/mol. The van der Waals surface area contributed by atoms with E-state index >= 15 is 0 Å². The first-order valence-corrected chi connectivity index (χ1v) is 9.50. The van der Waals surface area contributed by atoms with Crippen LogP contribution in [0.5, 0.6) is 0 Å². The van der Waals surface area contributed by atoms with Gasteiger partial charge >= 0.3 is 12.1 Å². The molecule has 0 spiro atoms. The van der Waals surface area contributed by atoms with E-state index < -0.39 is 5.60 Å². The topological polar surface area (TPSA) is 96.5 Å². The van der Waals surface area contributed by atoms with Crippen LogP contribution in [0, 0.1) is 0 Å². The van der Waals surface area contributed by atoms with E-state index in [0.29, 0.717) is 37.0 Å². The Kier molecular flexibility index (Phi) is 5.12. The molecule has 1 aromatic heterocycles. The maximum absolute atomic E-state index is 12.1. The van der Waals surface area contributed by atoms with Gasteiger partial charge in [-0.25, -0.2) is 9.59 Å². The van der Waals surface area contributed by atoms with E-state index in [0.717, 1.165) is 17.8 Å². The quantitative estimate of drug-likeness (QED) is 0.856. The molecule has 25 heavy (non-hydrogen) atoms. The Morgan fingerprint density at radius 2 is 1.84 bits per heavy atom. The zero-order valence-corrected chi connectivity index (χ0v) is 15.7. The summed E-state index contributed by atoms with van der Waals surface area (Å²) in [4.78, 5) is 25.8. The van der Waals surface area contributed by atoms with Crippen molar-refractivity contribution in [1.29, 1.82) is 0 Å². The molecule has 3 amide bonds. The molecular formula is C16H25N5O3S. The van der Waals surface area contributed by atoms with E-state index in [1.54, 1.807) is 4.90 Å². The molecule has 2 heterocycles. The molecule has 1 aromatic rings. The van der Waals surface area contributed by atoms with E-state index in [-0.39, 0.29) is 18.2 Å². The molecule has 9 heteroatoms. The van der Waals surface area contributed by atoms with Crippen molar-refractivity contribution in [3.05, 3.63) is 5.01 Å². The van der Waals surface area contributed by atoms with E-state index in [1.165, 1.54) is 11.3 Å². The predicted octanol–water partition coefficient (Wildman–Crippen LogP) is 2.94. The van der Waals surface area contributed by atoms with Crippen molar-refractivity contribution in [2.75, 3.05) is 18.4 Å². The number of rotatable bonds is 3. The van der Waals surface area contributed by atoms with Gasteiger partial charge in [-0.05, 0) is 46.5 Å². The lowest BCUT2D eigenvalue weighted by atomic mass is 10.1. The van der Waals surface area contributed by atoms with Crippen molar-refractivity contribution < 1.29 is 14.3 Å². The van der Waals surface area contributed by atoms with Gasteiger partial charge in [0, 0.05) is 25.0 Å². The molecule has 0 atom stereocenters. The summed E-state index contributed by atoms with van der Waals surface area (Å²) in [6.45, 7) is 6.71. The number of likely N-dealkylation sites (tertiary alicyclic amines) is 1. The highest BCUT2D eigenvalue weighted by molar-refractivity contribution is 7.15. The number of hydrogen-bond donors (Lipinski definition) is 2. The van der Waals surface area contributed by atoms with Crippen LogP contribution in [0.1, 0.15) is 57.4 Å². The molecule has 1 aliphatic heterocycles. The predicted molar refractivity (Wildman–Crippen MR) is 94.9 cm³/mol. The third-order valence-corrected chi connectivity index (χ3v) is 5.07. The lowest BCUT2D eigenvalue weighted by molar-refractivity contribution is 0.0202. The van der Waals surface area contributed by atoms with Gasteiger partial charge in [-0.3, -0.25) is 5.32 Å². The summed E-state index contributed by atoms with van der Waals surface area (Å²) in [5, 5.41) is 15.3. The second-order valence-corrected chi connectivity index (χ2v) is 8.57. The summed E-state index contributed by atoms with van der Waals surface area (Å²) in [5.41, 5.74) is -0.493. The summed E-state index contributed by atoms with van der Waals surface area (Å²) < 4.78 is 5.37. The molecule has 0 bridgehead atoms. The van der Waals surface area contributed by atoms with Crippen molar-refractivity contribution in [2.24, 2.45) is 0 Å². The average molecular weight is 367 g/mol. The number of hydrogen-bond acceptors (Lipinski definition) is 6. The van der Waals surface area contributed by atoms with Crippen LogP contribution in [0.25, 0.3) is 0 Å². The zero-order chi connectivity index (χ0) is 18.0. The molecular weight excluding hydrogens is 342 g/mol. The van der Waals surface area contributed by atoms with Gasteiger partial charge in [0.2, 0.25) is 5.13 Å². The third-order valence-electron chi connectivity index (χ3n) is 4.07. The van der Waals surface area contributed by atoms with Gasteiger partial charge < -0.3 is 15.0 Å². The fraction of sp³-hybridized carbons (Fsp3) is 0.750. The molecule has 3 rings (SSSR count). The van der Waals surface area contributed by atoms with Crippen molar-refractivity contribution in [2.45, 2.75) is 64.0 Å². The second kappa shape index (κ2) is 7.15. The lowest BCUT2D eigenvalue weighted by Crippen LogP contribution is -2.48. The fourth-order valence-electron chi connectivity index (χ4n) is 2.63. The Morgan fingerprint density at radius 1 is 1.16 bits per heavy atom. The largest absolute Gasteiger partial charge is 0.444 e. The first kappa shape index (κ1) is 17.9. The van der Waals surface area contributed by atoms with E-state index in [9.17, 15) is 9.59 Å². The number of anilines is 1. The smallest absolute Gasteiger partial charge is 0.410 e. The van der Waals surface area contributed by atoms with Crippen LogP contribution in [0.2, 0.25) is 0 Å². The standard InChI is InChI=1S/C16H25N5O3S/c1-16(2,3)24-15(23)21-8-6-11(7-9-21)17-13(22)18-14-20-19-12(25-14)10-4-5-10/h10-11H,4-9H2,1-3H3,(H2,17,18,20,22). The van der Waals surface area contributed by atoms with Crippen molar-refractivity contribution >= 4 is 28.6 Å². The number of carbonyl (C=O) groups excluding carboxylic acids is 2. The van der Waals surface area contributed by atoms with Gasteiger partial charge in [-0.1, -0.05) is 11.3 Å². The van der Waals surface area contributed by atoms with Crippen LogP contribution in [0.3, 0.4) is 0 Å². The first-order valence-electron chi connectivity index (χ1n) is 8.69. The molecule has 8 nitrogen and oxygen atoms in total. The van der Waals surface area contributed by atoms with Crippen LogP contribution in [-0.2, 0) is 4.74 Å². The molecule has 138 valence electrons. The van der Waals surface area contributed by atoms with Crippen molar-refractivity contribution in [1.82, 2.24) is 20.4 Å². The van der Waals surface area contributed by atoms with Crippen LogP contribution < -0.4 is 10.6 Å². The Hall–Kier alpha value is -1.90. The minimum Gasteiger partial charge on any atom is -0.444 e. The number of urea groups is 1. The van der Waals surface area contributed by atoms with Gasteiger partial charge in [0.15, 0.2) is 0 Å². The van der Waals surface area contributed by atoms with Gasteiger partial charge in [-0.2, -0.15) is 0 Å². The minimum atomic E-state index is -0.493. The van der Waals surface area contributed by atoms with Crippen LogP contribution >= 0.6 is 11.3 Å². The number of nitrogens with zero attached hydrogens (tertiary/aromatic N) is 3. The molecule has 0 radical (unpaired) electrons. The Balaban J connectivity index is 1.40. The molecule has 1 saturated carbocycles. The summed E-state index contributed by atoms with van der Waals surface area (Å²) in [6, 6.07) is -0.233. The van der Waals surface area contributed by atoms with Gasteiger partial charge in [0.05, 0.1) is 0 Å². The molecule has 1 aliphatic carbocycles. The molecule has 1 saturated heterocycles.